The highest BCUT2D eigenvalue weighted by atomic mass is 16.5. The lowest BCUT2D eigenvalue weighted by molar-refractivity contribution is -0.000727. The van der Waals surface area contributed by atoms with E-state index in [1.54, 1.807) is 0 Å². The zero-order valence-electron chi connectivity index (χ0n) is 16.0. The van der Waals surface area contributed by atoms with E-state index in [0.29, 0.717) is 24.2 Å². The maximum absolute atomic E-state index is 6.13. The lowest BCUT2D eigenvalue weighted by Gasteiger charge is -2.28. The van der Waals surface area contributed by atoms with E-state index < -0.39 is 0 Å². The van der Waals surface area contributed by atoms with E-state index in [9.17, 15) is 0 Å². The Kier molecular flexibility index (Phi) is 5.51. The maximum atomic E-state index is 6.13. The average molecular weight is 350 g/mol. The molecule has 3 aliphatic heterocycles. The molecular formula is C20H35N3O2. The molecule has 1 N–H and O–H groups in total. The van der Waals surface area contributed by atoms with Crippen molar-refractivity contribution in [3.05, 3.63) is 0 Å². The van der Waals surface area contributed by atoms with Crippen molar-refractivity contribution in [2.45, 2.75) is 70.7 Å². The predicted molar refractivity (Wildman–Crippen MR) is 99.8 cm³/mol. The van der Waals surface area contributed by atoms with Crippen molar-refractivity contribution in [3.8, 4) is 0 Å². The van der Waals surface area contributed by atoms with E-state index in [-0.39, 0.29) is 0 Å². The molecule has 5 nitrogen and oxygen atoms in total. The van der Waals surface area contributed by atoms with E-state index in [2.05, 4.69) is 24.1 Å². The van der Waals surface area contributed by atoms with Crippen LogP contribution < -0.4 is 5.32 Å². The Bertz CT molecular complexity index is 466. The molecule has 4 rings (SSSR count). The summed E-state index contributed by atoms with van der Waals surface area (Å²) < 4.78 is 12.2. The molecule has 3 saturated heterocycles. The minimum atomic E-state index is 0.449. The molecule has 0 aromatic rings. The molecule has 3 heterocycles. The van der Waals surface area contributed by atoms with Crippen LogP contribution in [0.25, 0.3) is 0 Å². The number of hydrogen-bond acceptors (Lipinski definition) is 3. The van der Waals surface area contributed by atoms with Crippen LogP contribution in [0.3, 0.4) is 0 Å². The van der Waals surface area contributed by atoms with Crippen molar-refractivity contribution in [2.24, 2.45) is 22.7 Å². The lowest BCUT2D eigenvalue weighted by Crippen LogP contribution is -2.41. The number of ether oxygens (including phenoxy) is 2. The Labute approximate surface area is 152 Å². The molecule has 0 radical (unpaired) electrons. The first-order valence-corrected chi connectivity index (χ1v) is 10.6. The van der Waals surface area contributed by atoms with Gasteiger partial charge in [-0.2, -0.15) is 0 Å². The second kappa shape index (κ2) is 7.83. The third-order valence-electron chi connectivity index (χ3n) is 6.80. The molecule has 0 spiro atoms. The summed E-state index contributed by atoms with van der Waals surface area (Å²) in [6, 6.07) is 0. The van der Waals surface area contributed by atoms with E-state index in [0.717, 1.165) is 50.6 Å². The van der Waals surface area contributed by atoms with Gasteiger partial charge in [-0.1, -0.05) is 19.8 Å². The Balaban J connectivity index is 1.28. The van der Waals surface area contributed by atoms with Gasteiger partial charge >= 0.3 is 0 Å². The van der Waals surface area contributed by atoms with Crippen molar-refractivity contribution in [2.75, 3.05) is 32.8 Å². The minimum absolute atomic E-state index is 0.449. The van der Waals surface area contributed by atoms with Gasteiger partial charge in [-0.25, -0.2) is 0 Å². The Morgan fingerprint density at radius 3 is 2.52 bits per heavy atom. The van der Waals surface area contributed by atoms with Crippen LogP contribution in [-0.2, 0) is 9.47 Å². The number of hydrogen-bond donors (Lipinski definition) is 1. The summed E-state index contributed by atoms with van der Waals surface area (Å²) in [6.07, 6.45) is 9.24. The summed E-state index contributed by atoms with van der Waals surface area (Å²) in [7, 11) is 0. The van der Waals surface area contributed by atoms with Crippen LogP contribution in [0.5, 0.6) is 0 Å². The molecule has 4 fully saturated rings. The number of nitrogens with one attached hydrogen (secondary N) is 1. The van der Waals surface area contributed by atoms with Crippen molar-refractivity contribution in [1.29, 1.82) is 0 Å². The summed E-state index contributed by atoms with van der Waals surface area (Å²) in [6.45, 7) is 9.14. The lowest BCUT2D eigenvalue weighted by atomic mass is 9.82. The molecule has 5 heteroatoms. The van der Waals surface area contributed by atoms with Gasteiger partial charge in [-0.05, 0) is 38.5 Å². The first kappa shape index (κ1) is 17.6. The van der Waals surface area contributed by atoms with Crippen LogP contribution >= 0.6 is 0 Å². The highest BCUT2D eigenvalue weighted by Gasteiger charge is 2.53. The molecule has 1 saturated carbocycles. The van der Waals surface area contributed by atoms with Gasteiger partial charge in [0.2, 0.25) is 0 Å². The van der Waals surface area contributed by atoms with E-state index in [4.69, 9.17) is 14.5 Å². The fourth-order valence-electron chi connectivity index (χ4n) is 5.44. The smallest absolute Gasteiger partial charge is 0.194 e. The first-order valence-electron chi connectivity index (χ1n) is 10.6. The zero-order chi connectivity index (χ0) is 17.2. The third-order valence-corrected chi connectivity index (χ3v) is 6.80. The second-order valence-corrected chi connectivity index (χ2v) is 8.43. The van der Waals surface area contributed by atoms with E-state index >= 15 is 0 Å². The van der Waals surface area contributed by atoms with Gasteiger partial charge < -0.3 is 19.7 Å². The molecule has 6 atom stereocenters. The fraction of sp³-hybridized carbons (Fsp3) is 0.950. The van der Waals surface area contributed by atoms with Gasteiger partial charge in [0.05, 0.1) is 31.5 Å². The largest absolute Gasteiger partial charge is 0.376 e. The van der Waals surface area contributed by atoms with Crippen LogP contribution in [0.4, 0.5) is 0 Å². The van der Waals surface area contributed by atoms with E-state index in [1.165, 1.54) is 38.5 Å². The number of guanidine groups is 1. The molecule has 0 aromatic carbocycles. The Morgan fingerprint density at radius 1 is 1.12 bits per heavy atom. The number of nitrogens with zero attached hydrogens (tertiary/aromatic N) is 2. The molecule has 2 bridgehead atoms. The number of aliphatic imine (C=N–C) groups is 1. The highest BCUT2D eigenvalue weighted by molar-refractivity contribution is 5.80. The third kappa shape index (κ3) is 3.68. The first-order chi connectivity index (χ1) is 12.3. The summed E-state index contributed by atoms with van der Waals surface area (Å²) in [5.74, 6) is 3.24. The van der Waals surface area contributed by atoms with Crippen LogP contribution in [0.2, 0.25) is 0 Å². The topological polar surface area (TPSA) is 46.1 Å². The molecule has 1 aliphatic carbocycles. The molecule has 6 unspecified atom stereocenters. The van der Waals surface area contributed by atoms with Gasteiger partial charge in [-0.3, -0.25) is 4.99 Å². The second-order valence-electron chi connectivity index (χ2n) is 8.43. The predicted octanol–water partition coefficient (Wildman–Crippen LogP) is 2.66. The summed E-state index contributed by atoms with van der Waals surface area (Å²) in [5.41, 5.74) is 0. The van der Waals surface area contributed by atoms with Crippen molar-refractivity contribution >= 4 is 5.96 Å². The van der Waals surface area contributed by atoms with Gasteiger partial charge in [0.15, 0.2) is 5.96 Å². The quantitative estimate of drug-likeness (QED) is 0.471. The normalized spacial score (nSPS) is 40.6. The number of rotatable bonds is 5. The Hall–Kier alpha value is -0.810. The molecule has 0 aromatic heterocycles. The molecular weight excluding hydrogens is 314 g/mol. The van der Waals surface area contributed by atoms with Crippen LogP contribution in [-0.4, -0.2) is 62.0 Å². The van der Waals surface area contributed by atoms with Crippen molar-refractivity contribution < 1.29 is 9.47 Å². The molecule has 25 heavy (non-hydrogen) atoms. The van der Waals surface area contributed by atoms with Gasteiger partial charge in [0.25, 0.3) is 0 Å². The maximum Gasteiger partial charge on any atom is 0.194 e. The molecule has 0 amide bonds. The number of likely N-dealkylation sites (tertiary alicyclic amines) is 1. The minimum Gasteiger partial charge on any atom is -0.376 e. The number of fused-ring (bicyclic) bond motifs is 5. The zero-order valence-corrected chi connectivity index (χ0v) is 16.0. The van der Waals surface area contributed by atoms with Gasteiger partial charge in [0.1, 0.15) is 0 Å². The van der Waals surface area contributed by atoms with Crippen molar-refractivity contribution in [3.63, 3.8) is 0 Å². The molecule has 142 valence electrons. The highest BCUT2D eigenvalue weighted by Crippen LogP contribution is 2.47. The van der Waals surface area contributed by atoms with Crippen LogP contribution in [0.1, 0.15) is 52.4 Å². The summed E-state index contributed by atoms with van der Waals surface area (Å²) in [5, 5.41) is 3.49. The van der Waals surface area contributed by atoms with Crippen LogP contribution in [0.15, 0.2) is 4.99 Å². The van der Waals surface area contributed by atoms with Gasteiger partial charge in [-0.15, -0.1) is 0 Å². The fourth-order valence-corrected chi connectivity index (χ4v) is 5.44. The van der Waals surface area contributed by atoms with Gasteiger partial charge in [0, 0.05) is 31.5 Å². The average Bonchev–Trinajstić information content (AvgIpc) is 3.31. The van der Waals surface area contributed by atoms with Crippen molar-refractivity contribution in [1.82, 2.24) is 10.2 Å². The molecule has 4 aliphatic rings. The van der Waals surface area contributed by atoms with E-state index in [1.807, 2.05) is 0 Å². The monoisotopic (exact) mass is 349 g/mol. The van der Waals surface area contributed by atoms with Crippen LogP contribution in [0, 0.1) is 17.8 Å². The standard InChI is InChI=1S/C20H35N3O2/c1-3-21-20(22-10-11-24-17-7-5-4-6-14(17)2)23-12-15-16(13-23)19-9-8-18(15)25-19/h14-19H,3-13H2,1-2H3,(H,21,22). The Morgan fingerprint density at radius 2 is 1.84 bits per heavy atom. The summed E-state index contributed by atoms with van der Waals surface area (Å²) >= 11 is 0. The SMILES string of the molecule is CCNC(=NCCOC1CCCCC1C)N1CC2C3CCC(O3)C2C1. The summed E-state index contributed by atoms with van der Waals surface area (Å²) in [4.78, 5) is 7.34.